The van der Waals surface area contributed by atoms with Gasteiger partial charge in [0.1, 0.15) is 0 Å². The largest absolute Gasteiger partial charge is 0.481 e. The number of carboxylic acids is 2. The van der Waals surface area contributed by atoms with Crippen LogP contribution >= 0.6 is 25.3 Å². The van der Waals surface area contributed by atoms with Crippen molar-refractivity contribution >= 4 is 37.2 Å². The Labute approximate surface area is 124 Å². The lowest BCUT2D eigenvalue weighted by atomic mass is 10.3. The Morgan fingerprint density at radius 2 is 1.16 bits per heavy atom. The fourth-order valence-electron chi connectivity index (χ4n) is 0.576. The topological polar surface area (TPSA) is 115 Å². The van der Waals surface area contributed by atoms with Gasteiger partial charge in [0, 0.05) is 23.7 Å². The number of hydrogen-bond donors (Lipinski definition) is 6. The molecular weight excluding hydrogens is 292 g/mol. The second kappa shape index (κ2) is 17.6. The Morgan fingerprint density at radius 3 is 1.16 bits per heavy atom. The molecule has 116 valence electrons. The number of aliphatic hydroxyl groups is 2. The summed E-state index contributed by atoms with van der Waals surface area (Å²) in [5.74, 6) is -1.58. The second-order valence-electron chi connectivity index (χ2n) is 3.69. The molecule has 2 atom stereocenters. The number of carbonyl (C=O) groups is 2. The fourth-order valence-corrected chi connectivity index (χ4v) is 0.889. The number of carboxylic acid groups (broad SMARTS) is 2. The van der Waals surface area contributed by atoms with E-state index in [2.05, 4.69) is 25.3 Å². The number of hydrogen-bond acceptors (Lipinski definition) is 6. The van der Waals surface area contributed by atoms with E-state index in [9.17, 15) is 9.59 Å². The van der Waals surface area contributed by atoms with Gasteiger partial charge in [-0.25, -0.2) is 0 Å². The van der Waals surface area contributed by atoms with Gasteiger partial charge in [0.25, 0.3) is 0 Å². The third-order valence-corrected chi connectivity index (χ3v) is 1.62. The van der Waals surface area contributed by atoms with Crippen LogP contribution in [-0.2, 0) is 9.59 Å². The Hall–Kier alpha value is -0.440. The minimum Gasteiger partial charge on any atom is -0.481 e. The lowest BCUT2D eigenvalue weighted by Crippen LogP contribution is -2.01. The van der Waals surface area contributed by atoms with Crippen molar-refractivity contribution in [2.24, 2.45) is 0 Å². The van der Waals surface area contributed by atoms with Gasteiger partial charge in [0.15, 0.2) is 0 Å². The van der Waals surface area contributed by atoms with E-state index in [0.29, 0.717) is 6.42 Å². The van der Waals surface area contributed by atoms with Gasteiger partial charge in [-0.05, 0) is 6.42 Å². The van der Waals surface area contributed by atoms with Crippen molar-refractivity contribution in [1.82, 2.24) is 0 Å². The molecule has 8 heteroatoms. The molecule has 0 heterocycles. The first-order chi connectivity index (χ1) is 8.67. The number of thiol groups is 2. The molecule has 19 heavy (non-hydrogen) atoms. The van der Waals surface area contributed by atoms with Crippen LogP contribution in [0, 0.1) is 0 Å². The highest BCUT2D eigenvalue weighted by Crippen LogP contribution is 1.97. The Morgan fingerprint density at radius 1 is 0.895 bits per heavy atom. The highest BCUT2D eigenvalue weighted by atomic mass is 32.1. The second-order valence-corrected chi connectivity index (χ2v) is 5.46. The normalized spacial score (nSPS) is 12.1. The first-order valence-electron chi connectivity index (χ1n) is 5.68. The van der Waals surface area contributed by atoms with Gasteiger partial charge in [-0.3, -0.25) is 9.59 Å². The molecule has 0 amide bonds. The number of rotatable bonds is 6. The van der Waals surface area contributed by atoms with Gasteiger partial charge in [-0.1, -0.05) is 13.8 Å². The molecule has 0 aliphatic rings. The molecule has 0 fully saturated rings. The zero-order chi connectivity index (χ0) is 15.8. The first-order valence-corrected chi connectivity index (χ1v) is 6.72. The molecule has 0 aliphatic carbocycles. The SMILES string of the molecule is CC(S)CC(=O)O.CC(S)CC(=O)O.OCCCO. The van der Waals surface area contributed by atoms with Gasteiger partial charge in [0.05, 0.1) is 12.8 Å². The van der Waals surface area contributed by atoms with Gasteiger partial charge in [-0.2, -0.15) is 25.3 Å². The average Bonchev–Trinajstić information content (AvgIpc) is 2.15. The van der Waals surface area contributed by atoms with Crippen molar-refractivity contribution < 1.29 is 30.0 Å². The predicted octanol–water partition coefficient (Wildman–Crippen LogP) is 0.920. The zero-order valence-electron chi connectivity index (χ0n) is 11.2. The Kier molecular flexibility index (Phi) is 21.8. The van der Waals surface area contributed by atoms with Crippen LogP contribution in [0.15, 0.2) is 0 Å². The fraction of sp³-hybridized carbons (Fsp3) is 0.818. The highest BCUT2D eigenvalue weighted by Gasteiger charge is 1.99. The van der Waals surface area contributed by atoms with Gasteiger partial charge in [-0.15, -0.1) is 0 Å². The number of aliphatic carboxylic acids is 2. The minimum atomic E-state index is -0.789. The molecule has 0 aromatic rings. The van der Waals surface area contributed by atoms with E-state index in [1.807, 2.05) is 0 Å². The molecule has 0 aromatic carbocycles. The summed E-state index contributed by atoms with van der Waals surface area (Å²) in [5, 5.41) is 31.8. The predicted molar refractivity (Wildman–Crippen MR) is 80.2 cm³/mol. The molecule has 0 spiro atoms. The van der Waals surface area contributed by atoms with Crippen LogP contribution in [0.25, 0.3) is 0 Å². The third kappa shape index (κ3) is 46.5. The molecule has 0 rings (SSSR count). The summed E-state index contributed by atoms with van der Waals surface area (Å²) >= 11 is 7.71. The quantitative estimate of drug-likeness (QED) is 0.406. The zero-order valence-corrected chi connectivity index (χ0v) is 13.0. The molecule has 0 aromatic heterocycles. The van der Waals surface area contributed by atoms with Crippen molar-refractivity contribution in [3.63, 3.8) is 0 Å². The summed E-state index contributed by atoms with van der Waals surface area (Å²) in [4.78, 5) is 19.5. The van der Waals surface area contributed by atoms with Crippen LogP contribution in [0.1, 0.15) is 33.1 Å². The van der Waals surface area contributed by atoms with E-state index >= 15 is 0 Å². The first kappa shape index (κ1) is 23.6. The maximum Gasteiger partial charge on any atom is 0.304 e. The molecule has 2 unspecified atom stereocenters. The summed E-state index contributed by atoms with van der Waals surface area (Å²) in [7, 11) is 0. The van der Waals surface area contributed by atoms with Gasteiger partial charge in [0.2, 0.25) is 0 Å². The van der Waals surface area contributed by atoms with Gasteiger partial charge >= 0.3 is 11.9 Å². The van der Waals surface area contributed by atoms with Crippen molar-refractivity contribution in [3.8, 4) is 0 Å². The molecular formula is C11H24O6S2. The summed E-state index contributed by atoms with van der Waals surface area (Å²) < 4.78 is 0. The monoisotopic (exact) mass is 316 g/mol. The van der Waals surface area contributed by atoms with Crippen LogP contribution in [0.5, 0.6) is 0 Å². The summed E-state index contributed by atoms with van der Waals surface area (Å²) in [5.41, 5.74) is 0. The average molecular weight is 316 g/mol. The Balaban J connectivity index is -0.000000206. The molecule has 0 saturated carbocycles. The van der Waals surface area contributed by atoms with Crippen LogP contribution in [0.3, 0.4) is 0 Å². The lowest BCUT2D eigenvalue weighted by Gasteiger charge is -1.93. The van der Waals surface area contributed by atoms with Crippen molar-refractivity contribution in [3.05, 3.63) is 0 Å². The minimum absolute atomic E-state index is 0.0301. The molecule has 0 saturated heterocycles. The molecule has 6 nitrogen and oxygen atoms in total. The van der Waals surface area contributed by atoms with E-state index in [4.69, 9.17) is 20.4 Å². The lowest BCUT2D eigenvalue weighted by molar-refractivity contribution is -0.137. The molecule has 4 N–H and O–H groups in total. The Bertz CT molecular complexity index is 199. The molecule has 0 aliphatic heterocycles. The summed E-state index contributed by atoms with van der Waals surface area (Å²) in [6, 6.07) is 0. The van der Waals surface area contributed by atoms with E-state index in [0.717, 1.165) is 0 Å². The highest BCUT2D eigenvalue weighted by molar-refractivity contribution is 7.81. The van der Waals surface area contributed by atoms with Crippen LogP contribution < -0.4 is 0 Å². The van der Waals surface area contributed by atoms with Crippen molar-refractivity contribution in [2.75, 3.05) is 13.2 Å². The smallest absolute Gasteiger partial charge is 0.304 e. The van der Waals surface area contributed by atoms with E-state index in [-0.39, 0.29) is 36.6 Å². The van der Waals surface area contributed by atoms with Crippen LogP contribution in [-0.4, -0.2) is 56.1 Å². The third-order valence-electron chi connectivity index (χ3n) is 1.26. The maximum absolute atomic E-state index is 9.76. The van der Waals surface area contributed by atoms with Crippen LogP contribution in [0.4, 0.5) is 0 Å². The van der Waals surface area contributed by atoms with Crippen molar-refractivity contribution in [1.29, 1.82) is 0 Å². The summed E-state index contributed by atoms with van der Waals surface area (Å²) in [6.07, 6.45) is 0.784. The molecule has 0 bridgehead atoms. The van der Waals surface area contributed by atoms with Gasteiger partial charge < -0.3 is 20.4 Å². The van der Waals surface area contributed by atoms with Crippen LogP contribution in [0.2, 0.25) is 0 Å². The molecule has 0 radical (unpaired) electrons. The van der Waals surface area contributed by atoms with E-state index < -0.39 is 11.9 Å². The summed E-state index contributed by atoms with van der Waals surface area (Å²) in [6.45, 7) is 3.68. The van der Waals surface area contributed by atoms with E-state index in [1.54, 1.807) is 13.8 Å². The van der Waals surface area contributed by atoms with Crippen molar-refractivity contribution in [2.45, 2.75) is 43.6 Å². The standard InChI is InChI=1S/2C4H8O2S.C3H8O2/c2*1-3(7)2-4(5)6;4-2-1-3-5/h2*3,7H,2H2,1H3,(H,5,6);4-5H,1-3H2. The number of aliphatic hydroxyl groups excluding tert-OH is 2. The van der Waals surface area contributed by atoms with E-state index in [1.165, 1.54) is 0 Å². The maximum atomic E-state index is 9.76.